The van der Waals surface area contributed by atoms with Gasteiger partial charge in [-0.3, -0.25) is 14.9 Å². The number of carbonyl (C=O) groups is 1. The maximum absolute atomic E-state index is 11.9. The first-order chi connectivity index (χ1) is 9.56. The van der Waals surface area contributed by atoms with Gasteiger partial charge in [-0.05, 0) is 12.5 Å². The fourth-order valence-electron chi connectivity index (χ4n) is 1.79. The molecule has 1 N–H and O–H groups in total. The van der Waals surface area contributed by atoms with Crippen LogP contribution in [-0.4, -0.2) is 21.4 Å². The number of carbonyl (C=O) groups excluding carboxylic acids is 1. The maximum Gasteiger partial charge on any atom is 0.287 e. The van der Waals surface area contributed by atoms with Crippen molar-refractivity contribution in [3.05, 3.63) is 63.5 Å². The first-order valence-corrected chi connectivity index (χ1v) is 7.21. The molecule has 20 heavy (non-hydrogen) atoms. The Hall–Kier alpha value is -2.08. The topological polar surface area (TPSA) is 76.0 Å². The molecular formula is C14H14N2O3S. The number of ketones is 1. The van der Waals surface area contributed by atoms with E-state index >= 15 is 0 Å². The van der Waals surface area contributed by atoms with Crippen molar-refractivity contribution < 1.29 is 9.72 Å². The van der Waals surface area contributed by atoms with Gasteiger partial charge in [-0.15, -0.1) is 11.8 Å². The Morgan fingerprint density at radius 3 is 2.85 bits per heavy atom. The van der Waals surface area contributed by atoms with Crippen LogP contribution >= 0.6 is 11.8 Å². The van der Waals surface area contributed by atoms with Crippen molar-refractivity contribution in [2.24, 2.45) is 0 Å². The van der Waals surface area contributed by atoms with Crippen molar-refractivity contribution in [3.63, 3.8) is 0 Å². The van der Waals surface area contributed by atoms with Crippen LogP contribution in [0.4, 0.5) is 5.69 Å². The molecule has 5 nitrogen and oxygen atoms in total. The van der Waals surface area contributed by atoms with Crippen LogP contribution < -0.4 is 0 Å². The molecule has 0 amide bonds. The lowest BCUT2D eigenvalue weighted by Crippen LogP contribution is -2.02. The van der Waals surface area contributed by atoms with Gasteiger partial charge in [-0.1, -0.05) is 29.8 Å². The largest absolute Gasteiger partial charge is 0.353 e. The second-order valence-electron chi connectivity index (χ2n) is 4.43. The van der Waals surface area contributed by atoms with E-state index in [1.807, 2.05) is 25.1 Å². The van der Waals surface area contributed by atoms with Gasteiger partial charge >= 0.3 is 0 Å². The van der Waals surface area contributed by atoms with Crippen molar-refractivity contribution >= 4 is 23.2 Å². The monoisotopic (exact) mass is 290 g/mol. The lowest BCUT2D eigenvalue weighted by Gasteiger charge is -2.02. The van der Waals surface area contributed by atoms with E-state index in [2.05, 4.69) is 11.1 Å². The minimum atomic E-state index is -0.521. The second kappa shape index (κ2) is 6.38. The Labute approximate surface area is 120 Å². The molecule has 0 aliphatic heterocycles. The van der Waals surface area contributed by atoms with Gasteiger partial charge in [-0.2, -0.15) is 0 Å². The number of nitro groups is 1. The molecule has 2 aromatic rings. The molecule has 0 unspecified atom stereocenters. The molecule has 0 spiro atoms. The molecule has 1 heterocycles. The van der Waals surface area contributed by atoms with Crippen LogP contribution in [0, 0.1) is 17.0 Å². The van der Waals surface area contributed by atoms with E-state index in [4.69, 9.17) is 0 Å². The molecule has 0 fully saturated rings. The molecule has 1 aromatic heterocycles. The van der Waals surface area contributed by atoms with Gasteiger partial charge in [0.2, 0.25) is 0 Å². The van der Waals surface area contributed by atoms with E-state index in [1.54, 1.807) is 0 Å². The average molecular weight is 290 g/mol. The average Bonchev–Trinajstić information content (AvgIpc) is 2.88. The number of H-pyrrole nitrogens is 1. The third-order valence-corrected chi connectivity index (χ3v) is 3.77. The number of aryl methyl sites for hydroxylation is 1. The zero-order chi connectivity index (χ0) is 14.5. The Morgan fingerprint density at radius 2 is 2.20 bits per heavy atom. The fourth-order valence-corrected chi connectivity index (χ4v) is 2.65. The van der Waals surface area contributed by atoms with Crippen LogP contribution in [-0.2, 0) is 5.75 Å². The summed E-state index contributed by atoms with van der Waals surface area (Å²) in [6.07, 6.45) is 1.23. The molecule has 104 valence electrons. The summed E-state index contributed by atoms with van der Waals surface area (Å²) in [5.74, 6) is 0.915. The molecule has 0 saturated carbocycles. The van der Waals surface area contributed by atoms with Crippen LogP contribution in [0.5, 0.6) is 0 Å². The van der Waals surface area contributed by atoms with Crippen LogP contribution in [0.25, 0.3) is 0 Å². The number of hydrogen-bond donors (Lipinski definition) is 1. The highest BCUT2D eigenvalue weighted by atomic mass is 32.2. The Kier molecular flexibility index (Phi) is 4.57. The van der Waals surface area contributed by atoms with Gasteiger partial charge in [0.15, 0.2) is 5.78 Å². The number of aromatic amines is 1. The minimum Gasteiger partial charge on any atom is -0.353 e. The van der Waals surface area contributed by atoms with Crippen molar-refractivity contribution in [1.29, 1.82) is 0 Å². The molecule has 0 atom stereocenters. The summed E-state index contributed by atoms with van der Waals surface area (Å²) in [5.41, 5.74) is 2.56. The predicted octanol–water partition coefficient (Wildman–Crippen LogP) is 3.35. The van der Waals surface area contributed by atoms with Crippen molar-refractivity contribution in [3.8, 4) is 0 Å². The highest BCUT2D eigenvalue weighted by Gasteiger charge is 2.14. The third-order valence-electron chi connectivity index (χ3n) is 2.76. The zero-order valence-electron chi connectivity index (χ0n) is 11.0. The molecule has 0 saturated heterocycles. The fraction of sp³-hybridized carbons (Fsp3) is 0.214. The summed E-state index contributed by atoms with van der Waals surface area (Å²) in [6, 6.07) is 9.38. The summed E-state index contributed by atoms with van der Waals surface area (Å²) in [5, 5.41) is 10.5. The molecule has 0 aliphatic rings. The lowest BCUT2D eigenvalue weighted by molar-refractivity contribution is -0.384. The maximum atomic E-state index is 11.9. The van der Waals surface area contributed by atoms with Crippen LogP contribution in [0.1, 0.15) is 21.6 Å². The lowest BCUT2D eigenvalue weighted by atomic mass is 10.2. The van der Waals surface area contributed by atoms with Gasteiger partial charge < -0.3 is 4.98 Å². The number of Topliss-reactive ketones (excluding diaryl/α,β-unsaturated/α-hetero) is 1. The Balaban J connectivity index is 1.87. The van der Waals surface area contributed by atoms with Crippen molar-refractivity contribution in [2.75, 3.05) is 5.75 Å². The van der Waals surface area contributed by atoms with Crippen molar-refractivity contribution in [1.82, 2.24) is 4.98 Å². The smallest absolute Gasteiger partial charge is 0.287 e. The molecule has 0 bridgehead atoms. The van der Waals surface area contributed by atoms with Gasteiger partial charge in [0, 0.05) is 11.8 Å². The highest BCUT2D eigenvalue weighted by Crippen LogP contribution is 2.17. The minimum absolute atomic E-state index is 0.0861. The SMILES string of the molecule is Cc1cccc(CSCC(=O)c2cc([N+](=O)[O-])c[nH]2)c1. The first-order valence-electron chi connectivity index (χ1n) is 6.05. The summed E-state index contributed by atoms with van der Waals surface area (Å²) in [6.45, 7) is 2.03. The van der Waals surface area contributed by atoms with Crippen LogP contribution in [0.15, 0.2) is 36.5 Å². The third kappa shape index (κ3) is 3.71. The molecule has 0 aliphatic carbocycles. The molecule has 1 aromatic carbocycles. The predicted molar refractivity (Wildman–Crippen MR) is 79.1 cm³/mol. The molecule has 6 heteroatoms. The number of hydrogen-bond acceptors (Lipinski definition) is 4. The number of rotatable bonds is 6. The van der Waals surface area contributed by atoms with E-state index in [9.17, 15) is 14.9 Å². The molecule has 2 rings (SSSR count). The van der Waals surface area contributed by atoms with Gasteiger partial charge in [0.05, 0.1) is 22.6 Å². The standard InChI is InChI=1S/C14H14N2O3S/c1-10-3-2-4-11(5-10)8-20-9-14(17)13-6-12(7-15-13)16(18)19/h2-7,15H,8-9H2,1H3. The van der Waals surface area contributed by atoms with E-state index in [0.29, 0.717) is 5.75 Å². The summed E-state index contributed by atoms with van der Waals surface area (Å²) >= 11 is 1.50. The quantitative estimate of drug-likeness (QED) is 0.503. The first kappa shape index (κ1) is 14.3. The number of nitrogens with zero attached hydrogens (tertiary/aromatic N) is 1. The number of nitrogens with one attached hydrogen (secondary N) is 1. The summed E-state index contributed by atoms with van der Waals surface area (Å²) in [4.78, 5) is 24.5. The summed E-state index contributed by atoms with van der Waals surface area (Å²) in [7, 11) is 0. The summed E-state index contributed by atoms with van der Waals surface area (Å²) < 4.78 is 0. The van der Waals surface area contributed by atoms with Crippen LogP contribution in [0.3, 0.4) is 0 Å². The highest BCUT2D eigenvalue weighted by molar-refractivity contribution is 7.99. The van der Waals surface area contributed by atoms with E-state index in [0.717, 1.165) is 5.75 Å². The van der Waals surface area contributed by atoms with Crippen molar-refractivity contribution in [2.45, 2.75) is 12.7 Å². The normalized spacial score (nSPS) is 10.4. The zero-order valence-corrected chi connectivity index (χ0v) is 11.8. The Bertz CT molecular complexity index is 637. The molecule has 0 radical (unpaired) electrons. The molecular weight excluding hydrogens is 276 g/mol. The number of aromatic nitrogens is 1. The van der Waals surface area contributed by atoms with Gasteiger partial charge in [0.25, 0.3) is 5.69 Å². The number of thioether (sulfide) groups is 1. The van der Waals surface area contributed by atoms with Gasteiger partial charge in [0.1, 0.15) is 0 Å². The second-order valence-corrected chi connectivity index (χ2v) is 5.42. The van der Waals surface area contributed by atoms with Gasteiger partial charge in [-0.25, -0.2) is 0 Å². The van der Waals surface area contributed by atoms with Crippen LogP contribution in [0.2, 0.25) is 0 Å². The van der Waals surface area contributed by atoms with E-state index in [-0.39, 0.29) is 17.2 Å². The van der Waals surface area contributed by atoms with E-state index in [1.165, 1.54) is 35.2 Å². The Morgan fingerprint density at radius 1 is 1.40 bits per heavy atom. The number of benzene rings is 1. The van der Waals surface area contributed by atoms with E-state index < -0.39 is 4.92 Å².